The number of rotatable bonds is 4. The second kappa shape index (κ2) is 6.48. The highest BCUT2D eigenvalue weighted by atomic mass is 16.5. The highest BCUT2D eigenvalue weighted by molar-refractivity contribution is 6.07. The summed E-state index contributed by atoms with van der Waals surface area (Å²) in [6.07, 6.45) is 4.10. The Morgan fingerprint density at radius 3 is 2.57 bits per heavy atom. The molecule has 0 saturated carbocycles. The number of fused-ring (bicyclic) bond motifs is 1. The molecule has 1 heterocycles. The molecule has 2 aromatic carbocycles. The molecule has 3 rings (SSSR count). The molecule has 0 aliphatic carbocycles. The van der Waals surface area contributed by atoms with Crippen molar-refractivity contribution in [2.24, 2.45) is 0 Å². The molecule has 0 saturated heterocycles. The maximum absolute atomic E-state index is 12.2. The van der Waals surface area contributed by atoms with Crippen LogP contribution in [0, 0.1) is 0 Å². The van der Waals surface area contributed by atoms with Crippen LogP contribution in [0.25, 0.3) is 6.08 Å². The first kappa shape index (κ1) is 15.0. The van der Waals surface area contributed by atoms with E-state index in [1.165, 1.54) is 13.2 Å². The minimum absolute atomic E-state index is 0.0586. The largest absolute Gasteiger partial charge is 0.493 e. The van der Waals surface area contributed by atoms with Gasteiger partial charge in [0.15, 0.2) is 5.78 Å². The molecule has 116 valence electrons. The number of ketones is 1. The fourth-order valence-corrected chi connectivity index (χ4v) is 2.46. The molecule has 0 N–H and O–H groups in total. The summed E-state index contributed by atoms with van der Waals surface area (Å²) in [5.74, 6) is 0.428. The molecule has 1 aliphatic heterocycles. The molecule has 4 heteroatoms. The van der Waals surface area contributed by atoms with Crippen LogP contribution >= 0.6 is 0 Å². The standard InChI is InChI=1S/C19H16O4/c1-22-19(21)14-5-2-13(3-6-14)4-8-17(20)15-7-9-18-16(12-15)10-11-23-18/h2-9,12H,10-11H2,1H3. The predicted octanol–water partition coefficient (Wildman–Crippen LogP) is 3.30. The highest BCUT2D eigenvalue weighted by Crippen LogP contribution is 2.26. The van der Waals surface area contributed by atoms with Crippen LogP contribution in [0.1, 0.15) is 31.8 Å². The Balaban J connectivity index is 1.72. The van der Waals surface area contributed by atoms with Crippen LogP contribution in [-0.4, -0.2) is 25.5 Å². The lowest BCUT2D eigenvalue weighted by atomic mass is 10.0. The number of hydrogen-bond donors (Lipinski definition) is 0. The summed E-state index contributed by atoms with van der Waals surface area (Å²) in [5, 5.41) is 0. The third kappa shape index (κ3) is 3.31. The van der Waals surface area contributed by atoms with Gasteiger partial charge < -0.3 is 9.47 Å². The Morgan fingerprint density at radius 1 is 1.09 bits per heavy atom. The van der Waals surface area contributed by atoms with E-state index in [0.717, 1.165) is 23.3 Å². The zero-order chi connectivity index (χ0) is 16.2. The van der Waals surface area contributed by atoms with Crippen LogP contribution in [0.3, 0.4) is 0 Å². The normalized spacial score (nSPS) is 12.7. The molecule has 0 radical (unpaired) electrons. The van der Waals surface area contributed by atoms with Crippen molar-refractivity contribution in [3.63, 3.8) is 0 Å². The summed E-state index contributed by atoms with van der Waals surface area (Å²) in [4.78, 5) is 23.6. The van der Waals surface area contributed by atoms with Gasteiger partial charge in [0.2, 0.25) is 0 Å². The van der Waals surface area contributed by atoms with E-state index in [-0.39, 0.29) is 11.8 Å². The first-order chi connectivity index (χ1) is 11.2. The molecule has 1 aliphatic rings. The zero-order valence-corrected chi connectivity index (χ0v) is 12.7. The summed E-state index contributed by atoms with van der Waals surface area (Å²) in [6, 6.07) is 12.4. The van der Waals surface area contributed by atoms with Crippen molar-refractivity contribution in [1.82, 2.24) is 0 Å². The second-order valence-electron chi connectivity index (χ2n) is 5.23. The lowest BCUT2D eigenvalue weighted by Gasteiger charge is -2.01. The van der Waals surface area contributed by atoms with Gasteiger partial charge in [-0.15, -0.1) is 0 Å². The number of carbonyl (C=O) groups is 2. The third-order valence-corrected chi connectivity index (χ3v) is 3.73. The van der Waals surface area contributed by atoms with Crippen molar-refractivity contribution in [2.75, 3.05) is 13.7 Å². The van der Waals surface area contributed by atoms with Crippen molar-refractivity contribution in [3.8, 4) is 5.75 Å². The molecule has 23 heavy (non-hydrogen) atoms. The summed E-state index contributed by atoms with van der Waals surface area (Å²) >= 11 is 0. The van der Waals surface area contributed by atoms with Crippen LogP contribution in [0.2, 0.25) is 0 Å². The van der Waals surface area contributed by atoms with E-state index in [2.05, 4.69) is 4.74 Å². The van der Waals surface area contributed by atoms with Crippen molar-refractivity contribution in [3.05, 3.63) is 70.8 Å². The van der Waals surface area contributed by atoms with Crippen LogP contribution in [0.15, 0.2) is 48.5 Å². The Kier molecular flexibility index (Phi) is 4.24. The summed E-state index contributed by atoms with van der Waals surface area (Å²) in [7, 11) is 1.34. The van der Waals surface area contributed by atoms with E-state index >= 15 is 0 Å². The van der Waals surface area contributed by atoms with Gasteiger partial charge in [0.05, 0.1) is 19.3 Å². The Bertz CT molecular complexity index is 772. The number of esters is 1. The fraction of sp³-hybridized carbons (Fsp3) is 0.158. The van der Waals surface area contributed by atoms with Crippen molar-refractivity contribution in [1.29, 1.82) is 0 Å². The number of allylic oxidation sites excluding steroid dienone is 1. The van der Waals surface area contributed by atoms with Crippen molar-refractivity contribution < 1.29 is 19.1 Å². The minimum Gasteiger partial charge on any atom is -0.493 e. The molecule has 0 atom stereocenters. The number of hydrogen-bond acceptors (Lipinski definition) is 4. The van der Waals surface area contributed by atoms with Gasteiger partial charge in [-0.1, -0.05) is 18.2 Å². The molecule has 4 nitrogen and oxygen atoms in total. The van der Waals surface area contributed by atoms with E-state index in [4.69, 9.17) is 4.74 Å². The molecule has 0 amide bonds. The predicted molar refractivity (Wildman–Crippen MR) is 86.8 cm³/mol. The highest BCUT2D eigenvalue weighted by Gasteiger charge is 2.13. The molecule has 0 aromatic heterocycles. The van der Waals surface area contributed by atoms with E-state index in [1.54, 1.807) is 36.4 Å². The van der Waals surface area contributed by atoms with Gasteiger partial charge in [0, 0.05) is 12.0 Å². The monoisotopic (exact) mass is 308 g/mol. The lowest BCUT2D eigenvalue weighted by Crippen LogP contribution is -2.00. The summed E-state index contributed by atoms with van der Waals surface area (Å²) in [5.41, 5.74) is 3.05. The number of methoxy groups -OCH3 is 1. The van der Waals surface area contributed by atoms with E-state index < -0.39 is 0 Å². The van der Waals surface area contributed by atoms with E-state index in [9.17, 15) is 9.59 Å². The van der Waals surface area contributed by atoms with Crippen LogP contribution in [0.4, 0.5) is 0 Å². The molecular formula is C19H16O4. The zero-order valence-electron chi connectivity index (χ0n) is 12.7. The third-order valence-electron chi connectivity index (χ3n) is 3.73. The topological polar surface area (TPSA) is 52.6 Å². The van der Waals surface area contributed by atoms with Gasteiger partial charge >= 0.3 is 5.97 Å². The maximum atomic E-state index is 12.2. The molecule has 0 bridgehead atoms. The van der Waals surface area contributed by atoms with E-state index in [0.29, 0.717) is 17.7 Å². The maximum Gasteiger partial charge on any atom is 0.337 e. The minimum atomic E-state index is -0.378. The van der Waals surface area contributed by atoms with Gasteiger partial charge in [-0.25, -0.2) is 4.79 Å². The van der Waals surface area contributed by atoms with E-state index in [1.807, 2.05) is 12.1 Å². The summed E-state index contributed by atoms with van der Waals surface area (Å²) < 4.78 is 10.1. The molecular weight excluding hydrogens is 292 g/mol. The number of ether oxygens (including phenoxy) is 2. The van der Waals surface area contributed by atoms with Crippen LogP contribution in [0.5, 0.6) is 5.75 Å². The SMILES string of the molecule is COC(=O)c1ccc(C=CC(=O)c2ccc3c(c2)CCO3)cc1. The van der Waals surface area contributed by atoms with Crippen LogP contribution in [-0.2, 0) is 11.2 Å². The Hall–Kier alpha value is -2.88. The molecule has 0 fully saturated rings. The smallest absolute Gasteiger partial charge is 0.337 e. The van der Waals surface area contributed by atoms with Crippen molar-refractivity contribution >= 4 is 17.8 Å². The van der Waals surface area contributed by atoms with Gasteiger partial charge in [0.1, 0.15) is 5.75 Å². The van der Waals surface area contributed by atoms with Gasteiger partial charge in [-0.2, -0.15) is 0 Å². The van der Waals surface area contributed by atoms with Crippen LogP contribution < -0.4 is 4.74 Å². The Morgan fingerprint density at radius 2 is 1.83 bits per heavy atom. The fourth-order valence-electron chi connectivity index (χ4n) is 2.46. The number of carbonyl (C=O) groups excluding carboxylic acids is 2. The van der Waals surface area contributed by atoms with Gasteiger partial charge in [-0.3, -0.25) is 4.79 Å². The molecule has 0 spiro atoms. The Labute approximate surface area is 134 Å². The lowest BCUT2D eigenvalue weighted by molar-refractivity contribution is 0.0600. The average molecular weight is 308 g/mol. The summed E-state index contributed by atoms with van der Waals surface area (Å²) in [6.45, 7) is 0.676. The second-order valence-corrected chi connectivity index (χ2v) is 5.23. The molecule has 0 unspecified atom stereocenters. The van der Waals surface area contributed by atoms with Gasteiger partial charge in [-0.05, 0) is 47.5 Å². The number of benzene rings is 2. The van der Waals surface area contributed by atoms with Gasteiger partial charge in [0.25, 0.3) is 0 Å². The molecule has 2 aromatic rings. The average Bonchev–Trinajstić information content (AvgIpc) is 3.07. The van der Waals surface area contributed by atoms with Crippen molar-refractivity contribution in [2.45, 2.75) is 6.42 Å². The first-order valence-electron chi connectivity index (χ1n) is 7.34. The first-order valence-corrected chi connectivity index (χ1v) is 7.34. The quantitative estimate of drug-likeness (QED) is 0.494.